The number of benzene rings is 1. The average Bonchev–Trinajstić information content (AvgIpc) is 2.07. The van der Waals surface area contributed by atoms with E-state index in [-0.39, 0.29) is 35.5 Å². The molecule has 0 atom stereocenters. The van der Waals surface area contributed by atoms with E-state index in [9.17, 15) is 4.79 Å². The van der Waals surface area contributed by atoms with Gasteiger partial charge in [-0.05, 0) is 19.1 Å². The van der Waals surface area contributed by atoms with Crippen molar-refractivity contribution in [3.63, 3.8) is 0 Å². The van der Waals surface area contributed by atoms with Gasteiger partial charge in [0.15, 0.2) is 0 Å². The van der Waals surface area contributed by atoms with Crippen LogP contribution in [0, 0.1) is 0 Å². The van der Waals surface area contributed by atoms with Crippen LogP contribution in [0.2, 0.25) is 0 Å². The van der Waals surface area contributed by atoms with E-state index in [1.165, 1.54) is 0 Å². The van der Waals surface area contributed by atoms with Gasteiger partial charge in [-0.3, -0.25) is 0 Å². The molecule has 0 saturated heterocycles. The number of carbonyl (C=O) groups is 1. The number of carbonyl (C=O) groups excluding carboxylic acids is 1. The Kier molecular flexibility index (Phi) is 6.07. The van der Waals surface area contributed by atoms with E-state index in [1.807, 2.05) is 18.2 Å². The van der Waals surface area contributed by atoms with Crippen molar-refractivity contribution < 1.29 is 9.53 Å². The first kappa shape index (κ1) is 11.7. The molecule has 0 aliphatic rings. The molecule has 12 heavy (non-hydrogen) atoms. The average molecular weight is 174 g/mol. The molecular weight excluding hydrogens is 163 g/mol. The van der Waals surface area contributed by atoms with E-state index in [4.69, 9.17) is 4.74 Å². The topological polar surface area (TPSA) is 26.3 Å². The molecule has 0 bridgehead atoms. The first-order chi connectivity index (χ1) is 5.34. The van der Waals surface area contributed by atoms with Crippen LogP contribution in [0.25, 0.3) is 0 Å². The second kappa shape index (κ2) is 6.23. The first-order valence-corrected chi connectivity index (χ1v) is 3.56. The van der Waals surface area contributed by atoms with Crippen LogP contribution in [0.3, 0.4) is 0 Å². The normalized spacial score (nSPS) is 8.42. The van der Waals surface area contributed by atoms with Crippen LogP contribution < -0.4 is 0 Å². The van der Waals surface area contributed by atoms with Crippen LogP contribution in [0.15, 0.2) is 30.3 Å². The molecular formula is C9H11NaO2. The molecule has 0 radical (unpaired) electrons. The Morgan fingerprint density at radius 1 is 1.33 bits per heavy atom. The van der Waals surface area contributed by atoms with Gasteiger partial charge >= 0.3 is 35.5 Å². The zero-order valence-electron chi connectivity index (χ0n) is 6.41. The summed E-state index contributed by atoms with van der Waals surface area (Å²) >= 11 is 0. The van der Waals surface area contributed by atoms with Crippen LogP contribution in [0.4, 0.5) is 0 Å². The molecule has 60 valence electrons. The van der Waals surface area contributed by atoms with E-state index in [1.54, 1.807) is 19.1 Å². The molecule has 0 saturated carbocycles. The standard InChI is InChI=1S/C9H10O2.Na.H/c1-2-11-9(10)8-6-4-3-5-7-8;;/h3-7H,2H2,1H3;;. The summed E-state index contributed by atoms with van der Waals surface area (Å²) in [4.78, 5) is 11.0. The van der Waals surface area contributed by atoms with Crippen LogP contribution in [0.1, 0.15) is 17.3 Å². The molecule has 0 spiro atoms. The zero-order valence-corrected chi connectivity index (χ0v) is 6.41. The molecule has 0 aliphatic heterocycles. The third-order valence-corrected chi connectivity index (χ3v) is 1.28. The zero-order chi connectivity index (χ0) is 8.10. The predicted molar refractivity (Wildman–Crippen MR) is 49.5 cm³/mol. The minimum atomic E-state index is -0.256. The molecule has 0 aromatic heterocycles. The maximum atomic E-state index is 11.0. The number of ether oxygens (including phenoxy) is 1. The molecule has 2 nitrogen and oxygen atoms in total. The molecule has 1 rings (SSSR count). The van der Waals surface area contributed by atoms with Crippen molar-refractivity contribution in [1.29, 1.82) is 0 Å². The van der Waals surface area contributed by atoms with Gasteiger partial charge in [-0.1, -0.05) is 18.2 Å². The third-order valence-electron chi connectivity index (χ3n) is 1.28. The predicted octanol–water partition coefficient (Wildman–Crippen LogP) is 1.21. The summed E-state index contributed by atoms with van der Waals surface area (Å²) in [5.41, 5.74) is 0.606. The van der Waals surface area contributed by atoms with Crippen LogP contribution in [0.5, 0.6) is 0 Å². The number of esters is 1. The third kappa shape index (κ3) is 3.39. The van der Waals surface area contributed by atoms with Crippen LogP contribution in [-0.2, 0) is 4.74 Å². The van der Waals surface area contributed by atoms with E-state index >= 15 is 0 Å². The molecule has 0 fully saturated rings. The summed E-state index contributed by atoms with van der Waals surface area (Å²) in [5.74, 6) is -0.256. The van der Waals surface area contributed by atoms with Crippen molar-refractivity contribution in [3.05, 3.63) is 35.9 Å². The van der Waals surface area contributed by atoms with E-state index in [2.05, 4.69) is 0 Å². The fourth-order valence-corrected chi connectivity index (χ4v) is 0.789. The van der Waals surface area contributed by atoms with Crippen LogP contribution >= 0.6 is 0 Å². The Morgan fingerprint density at radius 3 is 2.42 bits per heavy atom. The van der Waals surface area contributed by atoms with Gasteiger partial charge in [0.05, 0.1) is 12.2 Å². The monoisotopic (exact) mass is 174 g/mol. The Bertz CT molecular complexity index is 234. The first-order valence-electron chi connectivity index (χ1n) is 3.56. The molecule has 1 aromatic rings. The summed E-state index contributed by atoms with van der Waals surface area (Å²) in [6, 6.07) is 8.96. The summed E-state index contributed by atoms with van der Waals surface area (Å²) in [7, 11) is 0. The number of hydrogen-bond acceptors (Lipinski definition) is 2. The second-order valence-corrected chi connectivity index (χ2v) is 2.09. The Hall–Kier alpha value is -0.310. The Balaban J connectivity index is 0.00000121. The molecule has 3 heteroatoms. The summed E-state index contributed by atoms with van der Waals surface area (Å²) in [6.45, 7) is 2.22. The quantitative estimate of drug-likeness (QED) is 0.497. The number of rotatable bonds is 2. The van der Waals surface area contributed by atoms with Crippen molar-refractivity contribution in [2.45, 2.75) is 6.92 Å². The fraction of sp³-hybridized carbons (Fsp3) is 0.222. The molecule has 0 unspecified atom stereocenters. The van der Waals surface area contributed by atoms with E-state index in [0.29, 0.717) is 12.2 Å². The molecule has 0 heterocycles. The Labute approximate surface area is 94.2 Å². The van der Waals surface area contributed by atoms with Crippen molar-refractivity contribution in [2.75, 3.05) is 6.61 Å². The second-order valence-electron chi connectivity index (χ2n) is 2.09. The molecule has 0 N–H and O–H groups in total. The summed E-state index contributed by atoms with van der Waals surface area (Å²) in [5, 5.41) is 0. The molecule has 0 amide bonds. The van der Waals surface area contributed by atoms with Gasteiger partial charge in [0.2, 0.25) is 0 Å². The summed E-state index contributed by atoms with van der Waals surface area (Å²) in [6.07, 6.45) is 0. The fourth-order valence-electron chi connectivity index (χ4n) is 0.789. The Morgan fingerprint density at radius 2 is 1.92 bits per heavy atom. The van der Waals surface area contributed by atoms with Gasteiger partial charge in [-0.25, -0.2) is 4.79 Å². The van der Waals surface area contributed by atoms with Crippen LogP contribution in [-0.4, -0.2) is 42.1 Å². The summed E-state index contributed by atoms with van der Waals surface area (Å²) < 4.78 is 4.79. The molecule has 1 aromatic carbocycles. The molecule has 0 aliphatic carbocycles. The van der Waals surface area contributed by atoms with Gasteiger partial charge in [0, 0.05) is 0 Å². The SMILES string of the molecule is CCOC(=O)c1ccccc1.[NaH]. The van der Waals surface area contributed by atoms with Crippen molar-refractivity contribution >= 4 is 35.5 Å². The van der Waals surface area contributed by atoms with Gasteiger partial charge in [-0.2, -0.15) is 0 Å². The minimum absolute atomic E-state index is 0. The van der Waals surface area contributed by atoms with Crippen molar-refractivity contribution in [3.8, 4) is 0 Å². The number of hydrogen-bond donors (Lipinski definition) is 0. The van der Waals surface area contributed by atoms with Gasteiger partial charge < -0.3 is 4.74 Å². The van der Waals surface area contributed by atoms with Gasteiger partial charge in [0.25, 0.3) is 0 Å². The van der Waals surface area contributed by atoms with E-state index in [0.717, 1.165) is 0 Å². The maximum absolute atomic E-state index is 11.0. The van der Waals surface area contributed by atoms with Crippen molar-refractivity contribution in [2.24, 2.45) is 0 Å². The van der Waals surface area contributed by atoms with E-state index < -0.39 is 0 Å². The van der Waals surface area contributed by atoms with Crippen molar-refractivity contribution in [1.82, 2.24) is 0 Å². The van der Waals surface area contributed by atoms with Gasteiger partial charge in [0.1, 0.15) is 0 Å². The van der Waals surface area contributed by atoms with Gasteiger partial charge in [-0.15, -0.1) is 0 Å².